The van der Waals surface area contributed by atoms with Gasteiger partial charge in [-0.2, -0.15) is 0 Å². The van der Waals surface area contributed by atoms with Crippen molar-refractivity contribution >= 4 is 21.4 Å². The summed E-state index contributed by atoms with van der Waals surface area (Å²) in [6.45, 7) is 0. The Labute approximate surface area is 138 Å². The standard InChI is InChI=1S/C16H14ClF2NO2S/c17-10-1-4-13(5-2-10)23(21,22)16(8-12(20)9-16)14-7-11(18)3-6-15(14)19/h1-7,12H,8-9,20H2/t12-,16-. The quantitative estimate of drug-likeness (QED) is 0.915. The van der Waals surface area contributed by atoms with Gasteiger partial charge in [0.05, 0.1) is 4.90 Å². The molecule has 122 valence electrons. The summed E-state index contributed by atoms with van der Waals surface area (Å²) in [4.78, 5) is 0.0115. The van der Waals surface area contributed by atoms with Crippen LogP contribution in [-0.2, 0) is 14.6 Å². The summed E-state index contributed by atoms with van der Waals surface area (Å²) in [6.07, 6.45) is 0.0800. The fraction of sp³-hybridized carbons (Fsp3) is 0.250. The van der Waals surface area contributed by atoms with Crippen molar-refractivity contribution < 1.29 is 17.2 Å². The maximum absolute atomic E-state index is 14.2. The van der Waals surface area contributed by atoms with Gasteiger partial charge in [0.2, 0.25) is 0 Å². The molecule has 0 bridgehead atoms. The van der Waals surface area contributed by atoms with Crippen LogP contribution in [0.3, 0.4) is 0 Å². The average Bonchev–Trinajstić information content (AvgIpc) is 2.46. The lowest BCUT2D eigenvalue weighted by atomic mass is 9.75. The molecular formula is C16H14ClF2NO2S. The Kier molecular flexibility index (Phi) is 3.94. The summed E-state index contributed by atoms with van der Waals surface area (Å²) in [5.41, 5.74) is 5.60. The van der Waals surface area contributed by atoms with Gasteiger partial charge in [0.25, 0.3) is 0 Å². The van der Waals surface area contributed by atoms with Gasteiger partial charge in [-0.25, -0.2) is 17.2 Å². The molecule has 23 heavy (non-hydrogen) atoms. The Balaban J connectivity index is 2.18. The molecule has 1 saturated carbocycles. The zero-order valence-corrected chi connectivity index (χ0v) is 13.5. The topological polar surface area (TPSA) is 60.2 Å². The molecule has 0 unspecified atom stereocenters. The lowest BCUT2D eigenvalue weighted by Crippen LogP contribution is -2.54. The van der Waals surface area contributed by atoms with E-state index in [4.69, 9.17) is 17.3 Å². The van der Waals surface area contributed by atoms with Crippen molar-refractivity contribution in [3.05, 3.63) is 64.7 Å². The Hall–Kier alpha value is -1.50. The molecule has 0 atom stereocenters. The minimum atomic E-state index is -3.95. The summed E-state index contributed by atoms with van der Waals surface area (Å²) >= 11 is 5.79. The van der Waals surface area contributed by atoms with Gasteiger partial charge in [-0.1, -0.05) is 11.6 Å². The van der Waals surface area contributed by atoms with Crippen LogP contribution in [0.2, 0.25) is 5.02 Å². The van der Waals surface area contributed by atoms with Crippen molar-refractivity contribution in [3.63, 3.8) is 0 Å². The van der Waals surface area contributed by atoms with Gasteiger partial charge in [-0.05, 0) is 55.3 Å². The Morgan fingerprint density at radius 2 is 1.70 bits per heavy atom. The summed E-state index contributed by atoms with van der Waals surface area (Å²) in [6, 6.07) is 8.08. The second-order valence-electron chi connectivity index (χ2n) is 5.74. The second kappa shape index (κ2) is 5.54. The van der Waals surface area contributed by atoms with Crippen LogP contribution in [-0.4, -0.2) is 14.5 Å². The van der Waals surface area contributed by atoms with Gasteiger partial charge in [0.1, 0.15) is 16.4 Å². The summed E-state index contributed by atoms with van der Waals surface area (Å²) in [5, 5.41) is 0.389. The van der Waals surface area contributed by atoms with Crippen LogP contribution in [0.4, 0.5) is 8.78 Å². The van der Waals surface area contributed by atoms with Crippen LogP contribution in [0.25, 0.3) is 0 Å². The summed E-state index contributed by atoms with van der Waals surface area (Å²) in [7, 11) is -3.95. The van der Waals surface area contributed by atoms with Crippen LogP contribution >= 0.6 is 11.6 Å². The van der Waals surface area contributed by atoms with Gasteiger partial charge in [-0.15, -0.1) is 0 Å². The predicted molar refractivity (Wildman–Crippen MR) is 83.9 cm³/mol. The normalized spacial score (nSPS) is 24.3. The minimum Gasteiger partial charge on any atom is -0.328 e. The molecule has 3 nitrogen and oxygen atoms in total. The molecule has 0 radical (unpaired) electrons. The number of halogens is 3. The zero-order chi connectivity index (χ0) is 16.8. The van der Waals surface area contributed by atoms with Crippen LogP contribution in [0, 0.1) is 11.6 Å². The molecule has 0 aromatic heterocycles. The van der Waals surface area contributed by atoms with E-state index in [1.807, 2.05) is 0 Å². The molecule has 1 aliphatic rings. The molecule has 2 aromatic rings. The number of rotatable bonds is 3. The van der Waals surface area contributed by atoms with E-state index in [-0.39, 0.29) is 29.3 Å². The summed E-state index contributed by atoms with van der Waals surface area (Å²) < 4.78 is 52.4. The molecule has 2 N–H and O–H groups in total. The first-order valence-corrected chi connectivity index (χ1v) is 8.84. The first kappa shape index (κ1) is 16.4. The highest BCUT2D eigenvalue weighted by molar-refractivity contribution is 7.92. The second-order valence-corrected chi connectivity index (χ2v) is 8.44. The molecule has 3 rings (SSSR count). The molecule has 7 heteroatoms. The molecule has 0 spiro atoms. The van der Waals surface area contributed by atoms with E-state index in [1.54, 1.807) is 0 Å². The van der Waals surface area contributed by atoms with E-state index in [0.717, 1.165) is 18.2 Å². The van der Waals surface area contributed by atoms with E-state index in [2.05, 4.69) is 0 Å². The predicted octanol–water partition coefficient (Wildman–Crippen LogP) is 3.41. The molecule has 0 heterocycles. The maximum Gasteiger partial charge on any atom is 0.188 e. The number of hydrogen-bond donors (Lipinski definition) is 1. The molecule has 0 amide bonds. The highest BCUT2D eigenvalue weighted by Crippen LogP contribution is 2.51. The van der Waals surface area contributed by atoms with Crippen molar-refractivity contribution in [1.29, 1.82) is 0 Å². The van der Waals surface area contributed by atoms with Crippen LogP contribution < -0.4 is 5.73 Å². The molecular weight excluding hydrogens is 344 g/mol. The highest BCUT2D eigenvalue weighted by atomic mass is 35.5. The molecule has 0 aliphatic heterocycles. The molecule has 1 aliphatic carbocycles. The van der Waals surface area contributed by atoms with Crippen LogP contribution in [0.1, 0.15) is 18.4 Å². The number of nitrogens with two attached hydrogens (primary N) is 1. The van der Waals surface area contributed by atoms with Gasteiger partial charge in [-0.3, -0.25) is 0 Å². The molecule has 1 fully saturated rings. The van der Waals surface area contributed by atoms with Gasteiger partial charge < -0.3 is 5.73 Å². The van der Waals surface area contributed by atoms with E-state index in [0.29, 0.717) is 5.02 Å². The summed E-state index contributed by atoms with van der Waals surface area (Å²) in [5.74, 6) is -1.44. The third kappa shape index (κ3) is 2.55. The SMILES string of the molecule is N[C@H]1C[C@](c2cc(F)ccc2F)(S(=O)(=O)c2ccc(Cl)cc2)C1. The lowest BCUT2D eigenvalue weighted by molar-refractivity contribution is 0.283. The third-order valence-electron chi connectivity index (χ3n) is 4.24. The highest BCUT2D eigenvalue weighted by Gasteiger charge is 2.56. The Morgan fingerprint density at radius 1 is 1.09 bits per heavy atom. The Morgan fingerprint density at radius 3 is 2.26 bits per heavy atom. The van der Waals surface area contributed by atoms with Crippen molar-refractivity contribution in [2.75, 3.05) is 0 Å². The fourth-order valence-corrected chi connectivity index (χ4v) is 5.44. The third-order valence-corrected chi connectivity index (χ3v) is 6.97. The van der Waals surface area contributed by atoms with Gasteiger partial charge >= 0.3 is 0 Å². The van der Waals surface area contributed by atoms with Crippen molar-refractivity contribution in [1.82, 2.24) is 0 Å². The number of benzene rings is 2. The van der Waals surface area contributed by atoms with E-state index in [9.17, 15) is 17.2 Å². The fourth-order valence-electron chi connectivity index (χ4n) is 3.06. The monoisotopic (exact) mass is 357 g/mol. The Bertz CT molecular complexity index is 847. The lowest BCUT2D eigenvalue weighted by Gasteiger charge is -2.45. The van der Waals surface area contributed by atoms with Crippen molar-refractivity contribution in [3.8, 4) is 0 Å². The minimum absolute atomic E-state index is 0.0115. The smallest absolute Gasteiger partial charge is 0.188 e. The van der Waals surface area contributed by atoms with Crippen LogP contribution in [0.5, 0.6) is 0 Å². The van der Waals surface area contributed by atoms with Crippen LogP contribution in [0.15, 0.2) is 47.4 Å². The zero-order valence-electron chi connectivity index (χ0n) is 12.0. The maximum atomic E-state index is 14.2. The van der Waals surface area contributed by atoms with E-state index in [1.165, 1.54) is 24.3 Å². The first-order chi connectivity index (χ1) is 10.8. The largest absolute Gasteiger partial charge is 0.328 e. The number of sulfone groups is 1. The van der Waals surface area contributed by atoms with Crippen molar-refractivity contribution in [2.24, 2.45) is 5.73 Å². The molecule has 2 aromatic carbocycles. The van der Waals surface area contributed by atoms with Crippen molar-refractivity contribution in [2.45, 2.75) is 28.5 Å². The first-order valence-electron chi connectivity index (χ1n) is 6.97. The van der Waals surface area contributed by atoms with E-state index >= 15 is 0 Å². The number of hydrogen-bond acceptors (Lipinski definition) is 3. The van der Waals surface area contributed by atoms with Gasteiger partial charge in [0, 0.05) is 16.6 Å². The average molecular weight is 358 g/mol. The van der Waals surface area contributed by atoms with E-state index < -0.39 is 26.2 Å². The van der Waals surface area contributed by atoms with Gasteiger partial charge in [0.15, 0.2) is 9.84 Å². The molecule has 0 saturated heterocycles.